The van der Waals surface area contributed by atoms with E-state index in [0.29, 0.717) is 6.42 Å². The number of hydrogen-bond acceptors (Lipinski definition) is 2. The lowest BCUT2D eigenvalue weighted by Crippen LogP contribution is -2.44. The monoisotopic (exact) mass is 159 g/mol. The lowest BCUT2D eigenvalue weighted by atomic mass is 9.85. The van der Waals surface area contributed by atoms with Crippen molar-refractivity contribution in [2.45, 2.75) is 39.2 Å². The van der Waals surface area contributed by atoms with Crippen LogP contribution in [-0.2, 0) is 4.79 Å². The lowest BCUT2D eigenvalue weighted by molar-refractivity contribution is -0.144. The first-order valence-electron chi connectivity index (χ1n) is 3.91. The van der Waals surface area contributed by atoms with Crippen molar-refractivity contribution in [1.29, 1.82) is 0 Å². The third kappa shape index (κ3) is 3.37. The minimum absolute atomic E-state index is 0.424. The average Bonchev–Trinajstić information content (AvgIpc) is 1.79. The first-order valence-corrected chi connectivity index (χ1v) is 3.91. The number of carbonyl (C=O) groups is 1. The minimum atomic E-state index is -0.792. The maximum Gasteiger partial charge on any atom is 0.308 e. The van der Waals surface area contributed by atoms with Gasteiger partial charge in [-0.05, 0) is 20.3 Å². The van der Waals surface area contributed by atoms with Gasteiger partial charge in [0.15, 0.2) is 0 Å². The number of carboxylic acid groups (broad SMARTS) is 1. The summed E-state index contributed by atoms with van der Waals surface area (Å²) in [5.74, 6) is -1.22. The van der Waals surface area contributed by atoms with Crippen LogP contribution in [0.3, 0.4) is 0 Å². The molecule has 0 bridgehead atoms. The summed E-state index contributed by atoms with van der Waals surface area (Å²) in [7, 11) is 0. The van der Waals surface area contributed by atoms with E-state index in [2.05, 4.69) is 0 Å². The molecule has 0 radical (unpaired) electrons. The zero-order chi connectivity index (χ0) is 9.07. The van der Waals surface area contributed by atoms with Gasteiger partial charge in [0.1, 0.15) is 0 Å². The van der Waals surface area contributed by atoms with Crippen LogP contribution >= 0.6 is 0 Å². The van der Waals surface area contributed by atoms with E-state index in [4.69, 9.17) is 10.8 Å². The van der Waals surface area contributed by atoms with Crippen molar-refractivity contribution in [1.82, 2.24) is 0 Å². The van der Waals surface area contributed by atoms with Gasteiger partial charge in [-0.3, -0.25) is 4.79 Å². The Morgan fingerprint density at radius 3 is 2.18 bits per heavy atom. The molecule has 0 aromatic carbocycles. The lowest BCUT2D eigenvalue weighted by Gasteiger charge is -2.26. The van der Waals surface area contributed by atoms with Gasteiger partial charge in [-0.25, -0.2) is 0 Å². The first kappa shape index (κ1) is 10.4. The zero-order valence-corrected chi connectivity index (χ0v) is 7.42. The Hall–Kier alpha value is -0.570. The van der Waals surface area contributed by atoms with E-state index in [1.807, 2.05) is 6.92 Å². The summed E-state index contributed by atoms with van der Waals surface area (Å²) in [6.07, 6.45) is 1.51. The van der Waals surface area contributed by atoms with Gasteiger partial charge in [0.25, 0.3) is 0 Å². The fourth-order valence-corrected chi connectivity index (χ4v) is 1.10. The number of carboxylic acids is 1. The molecule has 0 amide bonds. The van der Waals surface area contributed by atoms with E-state index < -0.39 is 17.4 Å². The molecule has 0 saturated carbocycles. The Bertz CT molecular complexity index is 138. The second-order valence-corrected chi connectivity index (χ2v) is 3.50. The molecule has 66 valence electrons. The van der Waals surface area contributed by atoms with Crippen molar-refractivity contribution in [3.8, 4) is 0 Å². The standard InChI is InChI=1S/C8H17NO2/c1-4-5-6(7(10)11)8(2,3)9/h6H,4-5,9H2,1-3H3,(H,10,11). The van der Waals surface area contributed by atoms with Crippen LogP contribution in [0, 0.1) is 5.92 Å². The molecule has 0 spiro atoms. The Kier molecular flexibility index (Phi) is 3.52. The van der Waals surface area contributed by atoms with Gasteiger partial charge in [0.05, 0.1) is 5.92 Å². The maximum atomic E-state index is 10.7. The molecule has 0 rings (SSSR count). The molecule has 3 nitrogen and oxygen atoms in total. The summed E-state index contributed by atoms with van der Waals surface area (Å²) in [5.41, 5.74) is 5.08. The minimum Gasteiger partial charge on any atom is -0.481 e. The van der Waals surface area contributed by atoms with Crippen LogP contribution in [0.2, 0.25) is 0 Å². The Labute approximate surface area is 67.6 Å². The van der Waals surface area contributed by atoms with E-state index in [-0.39, 0.29) is 0 Å². The molecule has 0 aliphatic heterocycles. The SMILES string of the molecule is CCCC(C(=O)O)C(C)(C)N. The van der Waals surface area contributed by atoms with Gasteiger partial charge in [-0.1, -0.05) is 13.3 Å². The summed E-state index contributed by atoms with van der Waals surface area (Å²) in [6.45, 7) is 5.46. The molecule has 3 heteroatoms. The molecule has 0 aromatic heterocycles. The highest BCUT2D eigenvalue weighted by molar-refractivity contribution is 5.71. The van der Waals surface area contributed by atoms with Crippen LogP contribution in [0.4, 0.5) is 0 Å². The van der Waals surface area contributed by atoms with Gasteiger partial charge in [-0.15, -0.1) is 0 Å². The third-order valence-electron chi connectivity index (χ3n) is 1.77. The van der Waals surface area contributed by atoms with Gasteiger partial charge in [-0.2, -0.15) is 0 Å². The topological polar surface area (TPSA) is 63.3 Å². The van der Waals surface area contributed by atoms with Crippen LogP contribution in [0.5, 0.6) is 0 Å². The van der Waals surface area contributed by atoms with Gasteiger partial charge in [0, 0.05) is 5.54 Å². The van der Waals surface area contributed by atoms with Crippen molar-refractivity contribution in [2.75, 3.05) is 0 Å². The Morgan fingerprint density at radius 2 is 2.09 bits per heavy atom. The summed E-state index contributed by atoms with van der Waals surface area (Å²) in [6, 6.07) is 0. The van der Waals surface area contributed by atoms with Crippen molar-refractivity contribution in [3.63, 3.8) is 0 Å². The predicted octanol–water partition coefficient (Wildman–Crippen LogP) is 1.22. The molecule has 0 heterocycles. The maximum absolute atomic E-state index is 10.7. The van der Waals surface area contributed by atoms with Crippen LogP contribution in [0.15, 0.2) is 0 Å². The van der Waals surface area contributed by atoms with Crippen LogP contribution in [0.25, 0.3) is 0 Å². The van der Waals surface area contributed by atoms with E-state index >= 15 is 0 Å². The van der Waals surface area contributed by atoms with Gasteiger partial charge < -0.3 is 10.8 Å². The summed E-state index contributed by atoms with van der Waals surface area (Å²) >= 11 is 0. The number of aliphatic carboxylic acids is 1. The number of hydrogen-bond donors (Lipinski definition) is 2. The second-order valence-electron chi connectivity index (χ2n) is 3.50. The van der Waals surface area contributed by atoms with E-state index in [0.717, 1.165) is 6.42 Å². The quantitative estimate of drug-likeness (QED) is 0.648. The fraction of sp³-hybridized carbons (Fsp3) is 0.875. The first-order chi connectivity index (χ1) is 4.89. The van der Waals surface area contributed by atoms with Gasteiger partial charge >= 0.3 is 5.97 Å². The zero-order valence-electron chi connectivity index (χ0n) is 7.42. The molecule has 0 fully saturated rings. The average molecular weight is 159 g/mol. The van der Waals surface area contributed by atoms with Crippen LogP contribution in [0.1, 0.15) is 33.6 Å². The second kappa shape index (κ2) is 3.72. The highest BCUT2D eigenvalue weighted by Crippen LogP contribution is 2.19. The Morgan fingerprint density at radius 1 is 1.64 bits per heavy atom. The molecule has 0 aliphatic carbocycles. The normalized spacial score (nSPS) is 14.5. The van der Waals surface area contributed by atoms with Crippen molar-refractivity contribution < 1.29 is 9.90 Å². The smallest absolute Gasteiger partial charge is 0.308 e. The molecule has 0 aromatic rings. The molecule has 1 atom stereocenters. The summed E-state index contributed by atoms with van der Waals surface area (Å²) in [5, 5.41) is 8.76. The highest BCUT2D eigenvalue weighted by Gasteiger charge is 2.30. The van der Waals surface area contributed by atoms with Crippen molar-refractivity contribution in [2.24, 2.45) is 11.7 Å². The molecule has 1 unspecified atom stereocenters. The number of rotatable bonds is 4. The van der Waals surface area contributed by atoms with E-state index in [1.165, 1.54) is 0 Å². The summed E-state index contributed by atoms with van der Waals surface area (Å²) in [4.78, 5) is 10.7. The predicted molar refractivity (Wildman–Crippen MR) is 44.3 cm³/mol. The van der Waals surface area contributed by atoms with Gasteiger partial charge in [0.2, 0.25) is 0 Å². The van der Waals surface area contributed by atoms with Crippen LogP contribution < -0.4 is 5.73 Å². The summed E-state index contributed by atoms with van der Waals surface area (Å²) < 4.78 is 0. The van der Waals surface area contributed by atoms with Crippen molar-refractivity contribution >= 4 is 5.97 Å². The highest BCUT2D eigenvalue weighted by atomic mass is 16.4. The fourth-order valence-electron chi connectivity index (χ4n) is 1.10. The molecular formula is C8H17NO2. The third-order valence-corrected chi connectivity index (χ3v) is 1.77. The van der Waals surface area contributed by atoms with E-state index in [1.54, 1.807) is 13.8 Å². The molecule has 11 heavy (non-hydrogen) atoms. The molecule has 3 N–H and O–H groups in total. The number of nitrogens with two attached hydrogens (primary N) is 1. The largest absolute Gasteiger partial charge is 0.481 e. The van der Waals surface area contributed by atoms with Crippen molar-refractivity contribution in [3.05, 3.63) is 0 Å². The van der Waals surface area contributed by atoms with E-state index in [9.17, 15) is 4.79 Å². The molecule has 0 saturated heterocycles. The molecular weight excluding hydrogens is 142 g/mol. The molecule has 0 aliphatic rings. The van der Waals surface area contributed by atoms with Crippen LogP contribution in [-0.4, -0.2) is 16.6 Å². The Balaban J connectivity index is 4.22.